The quantitative estimate of drug-likeness (QED) is 0.174. The topological polar surface area (TPSA) is 64.7 Å². The summed E-state index contributed by atoms with van der Waals surface area (Å²) < 4.78 is 8.50. The highest BCUT2D eigenvalue weighted by molar-refractivity contribution is 7.26. The molecule has 3 heterocycles. The summed E-state index contributed by atoms with van der Waals surface area (Å²) in [6.07, 6.45) is 0. The SMILES string of the molecule is c1ccc(-c2cc(-c3ccccc3)cc(-c3nc(-c4ccccc4)nc(-c4cccc5sc6ccc(-c7nc8ccccc8o7)cc6c45)n3)c2)cc1. The van der Waals surface area contributed by atoms with Crippen molar-refractivity contribution in [2.75, 3.05) is 0 Å². The molecule has 0 atom stereocenters. The van der Waals surface area contributed by atoms with E-state index in [0.29, 0.717) is 23.4 Å². The summed E-state index contributed by atoms with van der Waals surface area (Å²) in [6.45, 7) is 0. The van der Waals surface area contributed by atoms with Crippen molar-refractivity contribution < 1.29 is 4.42 Å². The minimum Gasteiger partial charge on any atom is -0.436 e. The Balaban J connectivity index is 1.20. The van der Waals surface area contributed by atoms with Gasteiger partial charge in [0.1, 0.15) is 5.52 Å². The molecule has 0 saturated heterocycles. The monoisotopic (exact) mass is 684 g/mol. The van der Waals surface area contributed by atoms with Crippen molar-refractivity contribution in [3.63, 3.8) is 0 Å². The predicted molar refractivity (Wildman–Crippen MR) is 213 cm³/mol. The summed E-state index contributed by atoms with van der Waals surface area (Å²) in [6, 6.07) is 58.3. The van der Waals surface area contributed by atoms with E-state index in [9.17, 15) is 0 Å². The number of oxazole rings is 1. The molecule has 3 aromatic heterocycles. The van der Waals surface area contributed by atoms with E-state index >= 15 is 0 Å². The number of para-hydroxylation sites is 2. The van der Waals surface area contributed by atoms with E-state index in [1.54, 1.807) is 11.3 Å². The second kappa shape index (κ2) is 12.5. The number of fused-ring (bicyclic) bond motifs is 4. The van der Waals surface area contributed by atoms with E-state index in [-0.39, 0.29) is 0 Å². The third kappa shape index (κ3) is 5.43. The van der Waals surface area contributed by atoms with Crippen LogP contribution >= 0.6 is 11.3 Å². The Morgan fingerprint density at radius 3 is 1.67 bits per heavy atom. The molecule has 0 amide bonds. The molecule has 5 nitrogen and oxygen atoms in total. The highest BCUT2D eigenvalue weighted by Gasteiger charge is 2.19. The van der Waals surface area contributed by atoms with E-state index < -0.39 is 0 Å². The van der Waals surface area contributed by atoms with Gasteiger partial charge in [0.25, 0.3) is 0 Å². The maximum absolute atomic E-state index is 6.18. The molecule has 10 rings (SSSR count). The first kappa shape index (κ1) is 30.1. The summed E-state index contributed by atoms with van der Waals surface area (Å²) in [4.78, 5) is 20.3. The molecule has 7 aromatic carbocycles. The average molecular weight is 685 g/mol. The molecule has 0 radical (unpaired) electrons. The Morgan fingerprint density at radius 2 is 0.981 bits per heavy atom. The first-order valence-corrected chi connectivity index (χ1v) is 17.9. The first-order valence-electron chi connectivity index (χ1n) is 17.1. The van der Waals surface area contributed by atoms with Crippen molar-refractivity contribution in [2.45, 2.75) is 0 Å². The molecule has 0 spiro atoms. The number of benzene rings is 7. The van der Waals surface area contributed by atoms with Gasteiger partial charge in [-0.25, -0.2) is 19.9 Å². The zero-order valence-corrected chi connectivity index (χ0v) is 28.6. The zero-order chi connectivity index (χ0) is 34.4. The Labute approximate surface area is 303 Å². The van der Waals surface area contributed by atoms with Gasteiger partial charge in [-0.2, -0.15) is 0 Å². The van der Waals surface area contributed by atoms with Crippen LogP contribution in [0.25, 0.3) is 99.1 Å². The Bertz CT molecular complexity index is 2810. The van der Waals surface area contributed by atoms with Crippen molar-refractivity contribution in [1.29, 1.82) is 0 Å². The maximum Gasteiger partial charge on any atom is 0.227 e. The van der Waals surface area contributed by atoms with Crippen LogP contribution in [0.4, 0.5) is 0 Å². The van der Waals surface area contributed by atoms with Crippen LogP contribution in [-0.2, 0) is 0 Å². The van der Waals surface area contributed by atoms with Gasteiger partial charge in [-0.15, -0.1) is 11.3 Å². The van der Waals surface area contributed by atoms with Crippen LogP contribution in [0.2, 0.25) is 0 Å². The van der Waals surface area contributed by atoms with Gasteiger partial charge in [0, 0.05) is 42.4 Å². The number of nitrogens with zero attached hydrogens (tertiary/aromatic N) is 4. The highest BCUT2D eigenvalue weighted by atomic mass is 32.1. The summed E-state index contributed by atoms with van der Waals surface area (Å²) in [7, 11) is 0. The van der Waals surface area contributed by atoms with Gasteiger partial charge in [0.2, 0.25) is 5.89 Å². The molecule has 10 aromatic rings. The fourth-order valence-electron chi connectivity index (χ4n) is 6.83. The first-order chi connectivity index (χ1) is 25.7. The fraction of sp³-hybridized carbons (Fsp3) is 0. The lowest BCUT2D eigenvalue weighted by atomic mass is 9.96. The Hall–Kier alpha value is -6.76. The van der Waals surface area contributed by atoms with E-state index in [0.717, 1.165) is 71.1 Å². The number of hydrogen-bond donors (Lipinski definition) is 0. The van der Waals surface area contributed by atoms with Gasteiger partial charge < -0.3 is 4.42 Å². The normalized spacial score (nSPS) is 11.5. The molecule has 0 fully saturated rings. The molecule has 244 valence electrons. The largest absolute Gasteiger partial charge is 0.436 e. The van der Waals surface area contributed by atoms with Crippen LogP contribution in [0.1, 0.15) is 0 Å². The summed E-state index contributed by atoms with van der Waals surface area (Å²) >= 11 is 1.76. The molecule has 0 bridgehead atoms. The van der Waals surface area contributed by atoms with Crippen molar-refractivity contribution in [3.8, 4) is 67.9 Å². The van der Waals surface area contributed by atoms with Crippen molar-refractivity contribution in [2.24, 2.45) is 0 Å². The number of hydrogen-bond acceptors (Lipinski definition) is 6. The molecular weight excluding hydrogens is 657 g/mol. The third-order valence-electron chi connectivity index (χ3n) is 9.35. The van der Waals surface area contributed by atoms with Crippen LogP contribution < -0.4 is 0 Å². The van der Waals surface area contributed by atoms with Crippen LogP contribution in [0.3, 0.4) is 0 Å². The molecule has 6 heteroatoms. The van der Waals surface area contributed by atoms with Gasteiger partial charge in [0.15, 0.2) is 23.1 Å². The fourth-order valence-corrected chi connectivity index (χ4v) is 7.95. The molecule has 0 aliphatic heterocycles. The summed E-state index contributed by atoms with van der Waals surface area (Å²) in [5, 5.41) is 2.20. The number of aromatic nitrogens is 4. The van der Waals surface area contributed by atoms with Gasteiger partial charge in [-0.3, -0.25) is 0 Å². The number of thiophene rings is 1. The molecule has 0 aliphatic carbocycles. The lowest BCUT2D eigenvalue weighted by molar-refractivity contribution is 0.620. The molecule has 0 N–H and O–H groups in total. The van der Waals surface area contributed by atoms with Crippen molar-refractivity contribution in [3.05, 3.63) is 170 Å². The molecule has 52 heavy (non-hydrogen) atoms. The van der Waals surface area contributed by atoms with Gasteiger partial charge in [-0.05, 0) is 76.9 Å². The molecule has 0 unspecified atom stereocenters. The lowest BCUT2D eigenvalue weighted by Crippen LogP contribution is -2.01. The zero-order valence-electron chi connectivity index (χ0n) is 27.8. The van der Waals surface area contributed by atoms with Gasteiger partial charge in [-0.1, -0.05) is 115 Å². The standard InChI is InChI=1S/C46H28N4OS/c1-4-13-29(14-5-1)33-25-34(30-15-6-2-7-16-30)27-35(26-33)44-48-43(31-17-8-3-9-18-31)49-45(50-44)36-19-12-22-41-42(36)37-28-32(23-24-40(37)52-41)46-47-38-20-10-11-21-39(38)51-46/h1-28H. The van der Waals surface area contributed by atoms with Crippen molar-refractivity contribution >= 4 is 42.6 Å². The highest BCUT2D eigenvalue weighted by Crippen LogP contribution is 2.42. The van der Waals surface area contributed by atoms with E-state index in [4.69, 9.17) is 24.4 Å². The van der Waals surface area contributed by atoms with Gasteiger partial charge in [0.05, 0.1) is 0 Å². The minimum atomic E-state index is 0.598. The van der Waals surface area contributed by atoms with Crippen LogP contribution in [0, 0.1) is 0 Å². The lowest BCUT2D eigenvalue weighted by Gasteiger charge is -2.13. The predicted octanol–water partition coefficient (Wildman–Crippen LogP) is 12.4. The summed E-state index contributed by atoms with van der Waals surface area (Å²) in [5.41, 5.74) is 9.77. The van der Waals surface area contributed by atoms with E-state index in [1.165, 1.54) is 4.70 Å². The number of rotatable bonds is 6. The maximum atomic E-state index is 6.18. The third-order valence-corrected chi connectivity index (χ3v) is 10.5. The Morgan fingerprint density at radius 1 is 0.385 bits per heavy atom. The van der Waals surface area contributed by atoms with Crippen LogP contribution in [0.5, 0.6) is 0 Å². The smallest absolute Gasteiger partial charge is 0.227 e. The molecule has 0 saturated carbocycles. The van der Waals surface area contributed by atoms with E-state index in [2.05, 4.69) is 103 Å². The van der Waals surface area contributed by atoms with Gasteiger partial charge >= 0.3 is 0 Å². The second-order valence-electron chi connectivity index (χ2n) is 12.7. The second-order valence-corrected chi connectivity index (χ2v) is 13.8. The molecular formula is C46H28N4OS. The summed E-state index contributed by atoms with van der Waals surface area (Å²) in [5.74, 6) is 2.45. The van der Waals surface area contributed by atoms with Crippen molar-refractivity contribution in [1.82, 2.24) is 19.9 Å². The van der Waals surface area contributed by atoms with Crippen LogP contribution in [-0.4, -0.2) is 19.9 Å². The van der Waals surface area contributed by atoms with Crippen LogP contribution in [0.15, 0.2) is 174 Å². The van der Waals surface area contributed by atoms with E-state index in [1.807, 2.05) is 66.7 Å². The Kier molecular flexibility index (Phi) is 7.25. The average Bonchev–Trinajstić information content (AvgIpc) is 3.83. The molecule has 0 aliphatic rings. The minimum absolute atomic E-state index is 0.598.